The normalized spacial score (nSPS) is 17.2. The van der Waals surface area contributed by atoms with E-state index in [1.807, 2.05) is 49.5 Å². The van der Waals surface area contributed by atoms with Crippen molar-refractivity contribution in [2.24, 2.45) is 7.05 Å². The highest BCUT2D eigenvalue weighted by Gasteiger charge is 2.43. The summed E-state index contributed by atoms with van der Waals surface area (Å²) in [5.41, 5.74) is 3.29. The minimum atomic E-state index is -0.519. The number of pyridine rings is 1. The van der Waals surface area contributed by atoms with E-state index in [-0.39, 0.29) is 17.0 Å². The molecule has 2 aliphatic heterocycles. The molecule has 2 aliphatic rings. The Bertz CT molecular complexity index is 1230. The van der Waals surface area contributed by atoms with Gasteiger partial charge in [0.25, 0.3) is 11.5 Å². The molecule has 0 bridgehead atoms. The SMILES string of the molecule is Cc1ccc(C(=O)N2CCC3(CC2)OCCc2cnc(-c4ccccc4)nc23)c(=O)n1C. The Hall–Kier alpha value is -3.32. The summed E-state index contributed by atoms with van der Waals surface area (Å²) in [6, 6.07) is 13.4. The molecule has 32 heavy (non-hydrogen) atoms. The summed E-state index contributed by atoms with van der Waals surface area (Å²) in [4.78, 5) is 36.9. The lowest BCUT2D eigenvalue weighted by Crippen LogP contribution is -2.49. The maximum atomic E-state index is 13.1. The third kappa shape index (κ3) is 3.42. The molecular formula is C25H26N4O3. The first kappa shape index (κ1) is 20.6. The van der Waals surface area contributed by atoms with Crippen molar-refractivity contribution < 1.29 is 9.53 Å². The summed E-state index contributed by atoms with van der Waals surface area (Å²) in [7, 11) is 1.69. The quantitative estimate of drug-likeness (QED) is 0.625. The highest BCUT2D eigenvalue weighted by Crippen LogP contribution is 2.41. The van der Waals surface area contributed by atoms with Gasteiger partial charge in [0.1, 0.15) is 11.2 Å². The van der Waals surface area contributed by atoms with Crippen molar-refractivity contribution in [3.05, 3.63) is 81.5 Å². The van der Waals surface area contributed by atoms with Crippen LogP contribution in [0.15, 0.2) is 53.5 Å². The molecule has 0 saturated carbocycles. The number of rotatable bonds is 2. The van der Waals surface area contributed by atoms with Crippen LogP contribution in [0.1, 0.15) is 40.2 Å². The molecule has 3 aromatic rings. The Morgan fingerprint density at radius 3 is 2.59 bits per heavy atom. The number of likely N-dealkylation sites (tertiary alicyclic amines) is 1. The van der Waals surface area contributed by atoms with Gasteiger partial charge in [-0.1, -0.05) is 30.3 Å². The Kier molecular flexibility index (Phi) is 5.13. The van der Waals surface area contributed by atoms with Crippen LogP contribution in [-0.2, 0) is 23.8 Å². The fourth-order valence-electron chi connectivity index (χ4n) is 4.65. The number of fused-ring (bicyclic) bond motifs is 2. The van der Waals surface area contributed by atoms with E-state index in [9.17, 15) is 9.59 Å². The van der Waals surface area contributed by atoms with Crippen LogP contribution in [0.3, 0.4) is 0 Å². The molecule has 0 N–H and O–H groups in total. The van der Waals surface area contributed by atoms with Crippen molar-refractivity contribution in [3.63, 3.8) is 0 Å². The molecule has 1 aromatic carbocycles. The van der Waals surface area contributed by atoms with Gasteiger partial charge in [0.2, 0.25) is 0 Å². The zero-order valence-electron chi connectivity index (χ0n) is 18.4. The molecule has 0 aliphatic carbocycles. The Morgan fingerprint density at radius 1 is 1.09 bits per heavy atom. The smallest absolute Gasteiger partial charge is 0.263 e. The number of carbonyl (C=O) groups is 1. The molecule has 0 unspecified atom stereocenters. The molecule has 4 heterocycles. The lowest BCUT2D eigenvalue weighted by Gasteiger charge is -2.44. The van der Waals surface area contributed by atoms with E-state index in [1.165, 1.54) is 4.57 Å². The summed E-state index contributed by atoms with van der Waals surface area (Å²) in [6.45, 7) is 3.50. The maximum absolute atomic E-state index is 13.1. The molecular weight excluding hydrogens is 404 g/mol. The summed E-state index contributed by atoms with van der Waals surface area (Å²) < 4.78 is 7.84. The van der Waals surface area contributed by atoms with Gasteiger partial charge in [-0.05, 0) is 43.9 Å². The second-order valence-corrected chi connectivity index (χ2v) is 8.57. The zero-order chi connectivity index (χ0) is 22.3. The van der Waals surface area contributed by atoms with Gasteiger partial charge in [-0.2, -0.15) is 0 Å². The van der Waals surface area contributed by atoms with E-state index in [4.69, 9.17) is 9.72 Å². The van der Waals surface area contributed by atoms with Gasteiger partial charge in [0.05, 0.1) is 12.3 Å². The molecule has 7 nitrogen and oxygen atoms in total. The van der Waals surface area contributed by atoms with Crippen molar-refractivity contribution in [3.8, 4) is 11.4 Å². The molecule has 0 atom stereocenters. The van der Waals surface area contributed by atoms with Gasteiger partial charge in [-0.3, -0.25) is 9.59 Å². The first-order chi connectivity index (χ1) is 15.5. The van der Waals surface area contributed by atoms with Crippen LogP contribution >= 0.6 is 0 Å². The molecule has 1 fully saturated rings. The second-order valence-electron chi connectivity index (χ2n) is 8.57. The van der Waals surface area contributed by atoms with E-state index in [1.54, 1.807) is 18.0 Å². The lowest BCUT2D eigenvalue weighted by molar-refractivity contribution is -0.0967. The topological polar surface area (TPSA) is 77.3 Å². The van der Waals surface area contributed by atoms with Crippen molar-refractivity contribution in [1.82, 2.24) is 19.4 Å². The van der Waals surface area contributed by atoms with Gasteiger partial charge in [-0.25, -0.2) is 9.97 Å². The third-order valence-corrected chi connectivity index (χ3v) is 6.72. The summed E-state index contributed by atoms with van der Waals surface area (Å²) in [5.74, 6) is 0.472. The average molecular weight is 431 g/mol. The molecule has 1 spiro atoms. The first-order valence-corrected chi connectivity index (χ1v) is 11.0. The Morgan fingerprint density at radius 2 is 1.84 bits per heavy atom. The fourth-order valence-corrected chi connectivity index (χ4v) is 4.65. The van der Waals surface area contributed by atoms with Crippen molar-refractivity contribution in [1.29, 1.82) is 0 Å². The minimum Gasteiger partial charge on any atom is -0.368 e. The summed E-state index contributed by atoms with van der Waals surface area (Å²) >= 11 is 0. The lowest BCUT2D eigenvalue weighted by atomic mass is 9.83. The largest absolute Gasteiger partial charge is 0.368 e. The van der Waals surface area contributed by atoms with Crippen LogP contribution in [0.5, 0.6) is 0 Å². The number of aromatic nitrogens is 3. The molecule has 0 radical (unpaired) electrons. The van der Waals surface area contributed by atoms with Crippen molar-refractivity contribution >= 4 is 5.91 Å². The Labute approximate surface area is 186 Å². The monoisotopic (exact) mass is 430 g/mol. The van der Waals surface area contributed by atoms with Crippen LogP contribution in [0, 0.1) is 6.92 Å². The number of benzene rings is 1. The second kappa shape index (κ2) is 7.98. The first-order valence-electron chi connectivity index (χ1n) is 11.0. The van der Waals surface area contributed by atoms with E-state index in [0.717, 1.165) is 28.9 Å². The van der Waals surface area contributed by atoms with Crippen LogP contribution in [0.4, 0.5) is 0 Å². The third-order valence-electron chi connectivity index (χ3n) is 6.72. The molecule has 2 aromatic heterocycles. The van der Waals surface area contributed by atoms with Gasteiger partial charge >= 0.3 is 0 Å². The number of amides is 1. The number of nitrogens with zero attached hydrogens (tertiary/aromatic N) is 4. The van der Waals surface area contributed by atoms with Crippen LogP contribution < -0.4 is 5.56 Å². The fraction of sp³-hybridized carbons (Fsp3) is 0.360. The number of ether oxygens (including phenoxy) is 1. The molecule has 1 saturated heterocycles. The van der Waals surface area contributed by atoms with Crippen LogP contribution in [0.25, 0.3) is 11.4 Å². The summed E-state index contributed by atoms with van der Waals surface area (Å²) in [6.07, 6.45) is 3.99. The standard InChI is InChI=1S/C25H26N4O3/c1-17-8-9-20(23(30)28(17)2)24(31)29-13-11-25(12-14-29)21-19(10-15-32-25)16-26-22(27-21)18-6-4-3-5-7-18/h3-9,16H,10-15H2,1-2H3. The summed E-state index contributed by atoms with van der Waals surface area (Å²) in [5, 5.41) is 0. The zero-order valence-corrected chi connectivity index (χ0v) is 18.4. The predicted octanol–water partition coefficient (Wildman–Crippen LogP) is 2.85. The highest BCUT2D eigenvalue weighted by molar-refractivity contribution is 5.94. The van der Waals surface area contributed by atoms with Gasteiger partial charge in [0, 0.05) is 37.6 Å². The molecule has 164 valence electrons. The van der Waals surface area contributed by atoms with Gasteiger partial charge in [0.15, 0.2) is 5.82 Å². The van der Waals surface area contributed by atoms with Crippen LogP contribution in [0.2, 0.25) is 0 Å². The molecule has 5 rings (SSSR count). The van der Waals surface area contributed by atoms with Crippen molar-refractivity contribution in [2.75, 3.05) is 19.7 Å². The van der Waals surface area contributed by atoms with Gasteiger partial charge < -0.3 is 14.2 Å². The Balaban J connectivity index is 1.41. The van der Waals surface area contributed by atoms with E-state index in [2.05, 4.69) is 4.98 Å². The van der Waals surface area contributed by atoms with E-state index >= 15 is 0 Å². The predicted molar refractivity (Wildman–Crippen MR) is 120 cm³/mol. The highest BCUT2D eigenvalue weighted by atomic mass is 16.5. The minimum absolute atomic E-state index is 0.215. The van der Waals surface area contributed by atoms with Crippen molar-refractivity contribution in [2.45, 2.75) is 31.8 Å². The maximum Gasteiger partial charge on any atom is 0.263 e. The average Bonchev–Trinajstić information content (AvgIpc) is 2.83. The molecule has 7 heteroatoms. The number of piperidine rings is 1. The van der Waals surface area contributed by atoms with Gasteiger partial charge in [-0.15, -0.1) is 0 Å². The number of carbonyl (C=O) groups excluding carboxylic acids is 1. The van der Waals surface area contributed by atoms with E-state index in [0.29, 0.717) is 38.4 Å². The molecule has 1 amide bonds. The number of hydrogen-bond acceptors (Lipinski definition) is 5. The number of hydrogen-bond donors (Lipinski definition) is 0. The van der Waals surface area contributed by atoms with Crippen LogP contribution in [-0.4, -0.2) is 45.0 Å². The van der Waals surface area contributed by atoms with E-state index < -0.39 is 5.60 Å². The number of aryl methyl sites for hydroxylation is 1.